The van der Waals surface area contributed by atoms with E-state index in [1.165, 1.54) is 4.90 Å². The van der Waals surface area contributed by atoms with Crippen LogP contribution in [0, 0.1) is 6.92 Å². The van der Waals surface area contributed by atoms with Crippen molar-refractivity contribution in [1.29, 1.82) is 0 Å². The van der Waals surface area contributed by atoms with E-state index < -0.39 is 23.9 Å². The van der Waals surface area contributed by atoms with Gasteiger partial charge in [0.05, 0.1) is 23.9 Å². The number of cyclic esters (lactones) is 1. The molecule has 4 rings (SSSR count). The maximum atomic E-state index is 13.0. The molecule has 0 aliphatic carbocycles. The van der Waals surface area contributed by atoms with E-state index in [1.807, 2.05) is 19.9 Å². The molecule has 2 aliphatic rings. The highest BCUT2D eigenvalue weighted by Crippen LogP contribution is 2.38. The largest absolute Gasteiger partial charge is 0.494 e. The number of para-hydroxylation sites is 1. The van der Waals surface area contributed by atoms with Gasteiger partial charge in [-0.05, 0) is 37.6 Å². The van der Waals surface area contributed by atoms with Gasteiger partial charge >= 0.3 is 12.0 Å². The quantitative estimate of drug-likeness (QED) is 0.649. The average Bonchev–Trinajstić information content (AvgIpc) is 3.15. The summed E-state index contributed by atoms with van der Waals surface area (Å²) >= 11 is 6.11. The maximum Gasteiger partial charge on any atom is 0.338 e. The summed E-state index contributed by atoms with van der Waals surface area (Å²) < 4.78 is 10.9. The summed E-state index contributed by atoms with van der Waals surface area (Å²) in [7, 11) is 0. The van der Waals surface area contributed by atoms with Crippen molar-refractivity contribution in [2.24, 2.45) is 0 Å². The first-order valence-electron chi connectivity index (χ1n) is 10.1. The Labute approximate surface area is 190 Å². The Balaban J connectivity index is 1.60. The second kappa shape index (κ2) is 8.92. The smallest absolute Gasteiger partial charge is 0.338 e. The van der Waals surface area contributed by atoms with Crippen LogP contribution >= 0.6 is 11.6 Å². The number of esters is 1. The number of urea groups is 1. The van der Waals surface area contributed by atoms with Crippen LogP contribution in [-0.4, -0.2) is 42.6 Å². The van der Waals surface area contributed by atoms with E-state index in [1.54, 1.807) is 36.4 Å². The fraction of sp³-hybridized carbons (Fsp3) is 0.261. The Hall–Kier alpha value is -3.52. The number of nitrogens with one attached hydrogen (secondary N) is 2. The second-order valence-corrected chi connectivity index (χ2v) is 7.80. The van der Waals surface area contributed by atoms with Crippen molar-refractivity contribution in [1.82, 2.24) is 10.2 Å². The Bertz CT molecular complexity index is 1130. The third-order valence-corrected chi connectivity index (χ3v) is 5.69. The van der Waals surface area contributed by atoms with E-state index in [4.69, 9.17) is 21.1 Å². The molecule has 8 nitrogen and oxygen atoms in total. The normalized spacial score (nSPS) is 17.6. The highest BCUT2D eigenvalue weighted by atomic mass is 35.5. The van der Waals surface area contributed by atoms with Crippen LogP contribution in [0.3, 0.4) is 0 Å². The number of aryl methyl sites for hydroxylation is 1. The fourth-order valence-electron chi connectivity index (χ4n) is 3.73. The predicted octanol–water partition coefficient (Wildman–Crippen LogP) is 3.56. The van der Waals surface area contributed by atoms with Crippen molar-refractivity contribution >= 4 is 35.2 Å². The zero-order valence-electron chi connectivity index (χ0n) is 17.6. The Morgan fingerprint density at radius 2 is 2.06 bits per heavy atom. The van der Waals surface area contributed by atoms with Crippen LogP contribution in [0.15, 0.2) is 53.7 Å². The molecule has 9 heteroatoms. The van der Waals surface area contributed by atoms with Crippen molar-refractivity contribution in [2.75, 3.05) is 25.1 Å². The third-order valence-electron chi connectivity index (χ3n) is 5.29. The summed E-state index contributed by atoms with van der Waals surface area (Å²) in [5, 5.41) is 6.06. The van der Waals surface area contributed by atoms with Crippen LogP contribution in [0.2, 0.25) is 5.02 Å². The molecular weight excluding hydrogens is 434 g/mol. The minimum Gasteiger partial charge on any atom is -0.494 e. The van der Waals surface area contributed by atoms with Gasteiger partial charge in [-0.25, -0.2) is 9.59 Å². The lowest BCUT2D eigenvalue weighted by atomic mass is 9.95. The highest BCUT2D eigenvalue weighted by molar-refractivity contribution is 6.31. The summed E-state index contributed by atoms with van der Waals surface area (Å²) in [5.74, 6) is -0.402. The molecule has 2 aromatic carbocycles. The minimum atomic E-state index is -0.731. The number of hydrogen-bond acceptors (Lipinski definition) is 5. The molecule has 32 heavy (non-hydrogen) atoms. The molecule has 0 fully saturated rings. The lowest BCUT2D eigenvalue weighted by Gasteiger charge is -2.33. The Morgan fingerprint density at radius 3 is 2.81 bits per heavy atom. The lowest BCUT2D eigenvalue weighted by Crippen LogP contribution is -2.49. The van der Waals surface area contributed by atoms with Gasteiger partial charge in [0.1, 0.15) is 18.9 Å². The van der Waals surface area contributed by atoms with Gasteiger partial charge in [-0.2, -0.15) is 0 Å². The van der Waals surface area contributed by atoms with Crippen LogP contribution in [0.4, 0.5) is 10.5 Å². The van der Waals surface area contributed by atoms with Crippen LogP contribution in [0.1, 0.15) is 24.1 Å². The molecule has 166 valence electrons. The number of rotatable bonds is 6. The first-order valence-corrected chi connectivity index (χ1v) is 10.5. The molecule has 0 aromatic heterocycles. The standard InChI is InChI=1S/C23H22ClN3O5/c1-3-31-18-7-5-4-6-15(18)21-20-17(12-32-22(20)29)27(23(30)26-21)11-19(28)25-14-9-8-13(2)16(24)10-14/h4-10,21H,3,11-12H2,1-2H3,(H,25,28)(H,26,30)/t21-/m0/s1. The van der Waals surface area contributed by atoms with Gasteiger partial charge in [0.15, 0.2) is 0 Å². The van der Waals surface area contributed by atoms with Crippen molar-refractivity contribution < 1.29 is 23.9 Å². The summed E-state index contributed by atoms with van der Waals surface area (Å²) in [4.78, 5) is 39.4. The summed E-state index contributed by atoms with van der Waals surface area (Å²) in [6.07, 6.45) is 0. The third kappa shape index (κ3) is 4.13. The van der Waals surface area contributed by atoms with E-state index in [0.717, 1.165) is 5.56 Å². The number of nitrogens with zero attached hydrogens (tertiary/aromatic N) is 1. The number of amides is 3. The Kier molecular flexibility index (Phi) is 6.05. The molecule has 0 bridgehead atoms. The zero-order chi connectivity index (χ0) is 22.8. The first kappa shape index (κ1) is 21.7. The first-order chi connectivity index (χ1) is 15.4. The van der Waals surface area contributed by atoms with E-state index in [9.17, 15) is 14.4 Å². The minimum absolute atomic E-state index is 0.0848. The lowest BCUT2D eigenvalue weighted by molar-refractivity contribution is -0.136. The number of hydrogen-bond donors (Lipinski definition) is 2. The molecule has 0 spiro atoms. The van der Waals surface area contributed by atoms with Gasteiger partial charge in [0.2, 0.25) is 5.91 Å². The van der Waals surface area contributed by atoms with Crippen molar-refractivity contribution in [3.63, 3.8) is 0 Å². The Morgan fingerprint density at radius 1 is 1.28 bits per heavy atom. The van der Waals surface area contributed by atoms with Gasteiger partial charge in [0, 0.05) is 16.3 Å². The summed E-state index contributed by atoms with van der Waals surface area (Å²) in [6, 6.07) is 11.1. The molecule has 2 N–H and O–H groups in total. The zero-order valence-corrected chi connectivity index (χ0v) is 18.4. The molecule has 2 heterocycles. The van der Waals surface area contributed by atoms with Gasteiger partial charge in [0.25, 0.3) is 0 Å². The molecule has 2 aromatic rings. The predicted molar refractivity (Wildman–Crippen MR) is 118 cm³/mol. The molecule has 2 aliphatic heterocycles. The van der Waals surface area contributed by atoms with Crippen molar-refractivity contribution in [2.45, 2.75) is 19.9 Å². The molecule has 0 saturated carbocycles. The van der Waals surface area contributed by atoms with Crippen LogP contribution in [0.5, 0.6) is 5.75 Å². The van der Waals surface area contributed by atoms with Gasteiger partial charge in [-0.3, -0.25) is 9.69 Å². The van der Waals surface area contributed by atoms with Crippen LogP contribution in [-0.2, 0) is 14.3 Å². The number of carbonyl (C=O) groups excluding carboxylic acids is 3. The van der Waals surface area contributed by atoms with Gasteiger partial charge in [-0.1, -0.05) is 35.9 Å². The van der Waals surface area contributed by atoms with E-state index in [0.29, 0.717) is 39.9 Å². The van der Waals surface area contributed by atoms with E-state index in [-0.39, 0.29) is 13.2 Å². The number of benzene rings is 2. The highest BCUT2D eigenvalue weighted by Gasteiger charge is 2.43. The molecule has 0 radical (unpaired) electrons. The fourth-order valence-corrected chi connectivity index (χ4v) is 3.91. The van der Waals surface area contributed by atoms with E-state index in [2.05, 4.69) is 10.6 Å². The molecule has 1 atom stereocenters. The van der Waals surface area contributed by atoms with E-state index >= 15 is 0 Å². The molecule has 3 amide bonds. The maximum absolute atomic E-state index is 13.0. The molecule has 0 unspecified atom stereocenters. The van der Waals surface area contributed by atoms with Crippen molar-refractivity contribution in [3.8, 4) is 5.75 Å². The number of carbonyl (C=O) groups is 3. The van der Waals surface area contributed by atoms with Gasteiger partial charge < -0.3 is 20.1 Å². The molecular formula is C23H22ClN3O5. The second-order valence-electron chi connectivity index (χ2n) is 7.39. The molecule has 0 saturated heterocycles. The van der Waals surface area contributed by atoms with Crippen molar-refractivity contribution in [3.05, 3.63) is 69.9 Å². The number of halogens is 1. The summed E-state index contributed by atoms with van der Waals surface area (Å²) in [6.45, 7) is 3.78. The van der Waals surface area contributed by atoms with Gasteiger partial charge in [-0.15, -0.1) is 0 Å². The summed E-state index contributed by atoms with van der Waals surface area (Å²) in [5.41, 5.74) is 2.71. The monoisotopic (exact) mass is 455 g/mol. The SMILES string of the molecule is CCOc1ccccc1[C@@H]1NC(=O)N(CC(=O)Nc2ccc(C)c(Cl)c2)C2=C1C(=O)OC2. The topological polar surface area (TPSA) is 97.0 Å². The number of ether oxygens (including phenoxy) is 2. The van der Waals surface area contributed by atoms with Crippen LogP contribution < -0.4 is 15.4 Å². The number of anilines is 1. The average molecular weight is 456 g/mol. The van der Waals surface area contributed by atoms with Crippen LogP contribution in [0.25, 0.3) is 0 Å².